The van der Waals surface area contributed by atoms with E-state index in [-0.39, 0.29) is 5.41 Å². The minimum atomic E-state index is 0.0926. The van der Waals surface area contributed by atoms with Gasteiger partial charge in [0.25, 0.3) is 0 Å². The standard InChI is InChI=1S/C17H22N2O2/c1-17(2,3)12-5-4-6-15(9-12)21-16-19-14(11-20-16)10-18-13-7-8-13/h4-6,9,11,13,18H,7-8,10H2,1-3H3. The summed E-state index contributed by atoms with van der Waals surface area (Å²) in [7, 11) is 0. The summed E-state index contributed by atoms with van der Waals surface area (Å²) in [5, 5.41) is 3.40. The smallest absolute Gasteiger partial charge is 0.399 e. The summed E-state index contributed by atoms with van der Waals surface area (Å²) in [6.45, 7) is 7.27. The van der Waals surface area contributed by atoms with Crippen molar-refractivity contribution in [3.05, 3.63) is 41.8 Å². The SMILES string of the molecule is CC(C)(C)c1cccc(Oc2nc(CNC3CC3)co2)c1. The van der Waals surface area contributed by atoms with Gasteiger partial charge in [-0.25, -0.2) is 0 Å². The Morgan fingerprint density at radius 1 is 1.33 bits per heavy atom. The zero-order chi connectivity index (χ0) is 14.9. The van der Waals surface area contributed by atoms with Gasteiger partial charge >= 0.3 is 6.08 Å². The molecule has 1 aliphatic carbocycles. The maximum absolute atomic E-state index is 5.71. The van der Waals surface area contributed by atoms with Gasteiger partial charge in [-0.1, -0.05) is 32.9 Å². The summed E-state index contributed by atoms with van der Waals surface area (Å²) in [5.74, 6) is 0.756. The van der Waals surface area contributed by atoms with Crippen LogP contribution in [0.5, 0.6) is 11.8 Å². The summed E-state index contributed by atoms with van der Waals surface area (Å²) < 4.78 is 11.1. The number of benzene rings is 1. The van der Waals surface area contributed by atoms with E-state index in [4.69, 9.17) is 9.15 Å². The lowest BCUT2D eigenvalue weighted by atomic mass is 9.87. The molecule has 0 aliphatic heterocycles. The van der Waals surface area contributed by atoms with E-state index in [0.29, 0.717) is 12.1 Å². The number of ether oxygens (including phenoxy) is 1. The van der Waals surface area contributed by atoms with E-state index in [2.05, 4.69) is 37.1 Å². The molecular formula is C17H22N2O2. The van der Waals surface area contributed by atoms with Crippen LogP contribution in [0.25, 0.3) is 0 Å². The predicted octanol–water partition coefficient (Wildman–Crippen LogP) is 4.02. The Hall–Kier alpha value is -1.81. The Kier molecular flexibility index (Phi) is 3.72. The Labute approximate surface area is 125 Å². The van der Waals surface area contributed by atoms with E-state index in [9.17, 15) is 0 Å². The minimum absolute atomic E-state index is 0.0926. The van der Waals surface area contributed by atoms with Crippen molar-refractivity contribution in [3.8, 4) is 11.8 Å². The van der Waals surface area contributed by atoms with Crippen molar-refractivity contribution in [1.29, 1.82) is 0 Å². The fourth-order valence-electron chi connectivity index (χ4n) is 2.08. The summed E-state index contributed by atoms with van der Waals surface area (Å²) in [5.41, 5.74) is 2.20. The van der Waals surface area contributed by atoms with Crippen LogP contribution in [-0.4, -0.2) is 11.0 Å². The van der Waals surface area contributed by atoms with Crippen LogP contribution < -0.4 is 10.1 Å². The van der Waals surface area contributed by atoms with Crippen molar-refractivity contribution in [3.63, 3.8) is 0 Å². The Morgan fingerprint density at radius 2 is 2.14 bits per heavy atom. The van der Waals surface area contributed by atoms with Gasteiger partial charge in [-0.05, 0) is 36.0 Å². The second kappa shape index (κ2) is 5.53. The van der Waals surface area contributed by atoms with Crippen molar-refractivity contribution < 1.29 is 9.15 Å². The Bertz CT molecular complexity index is 609. The topological polar surface area (TPSA) is 47.3 Å². The van der Waals surface area contributed by atoms with Crippen molar-refractivity contribution in [2.24, 2.45) is 0 Å². The van der Waals surface area contributed by atoms with Crippen molar-refractivity contribution in [2.75, 3.05) is 0 Å². The third-order valence-corrected chi connectivity index (χ3v) is 3.59. The number of nitrogens with one attached hydrogen (secondary N) is 1. The molecule has 0 radical (unpaired) electrons. The van der Waals surface area contributed by atoms with Crippen molar-refractivity contribution in [1.82, 2.24) is 10.3 Å². The minimum Gasteiger partial charge on any atom is -0.417 e. The molecule has 1 heterocycles. The van der Waals surface area contributed by atoms with Crippen LogP contribution in [0.2, 0.25) is 0 Å². The number of rotatable bonds is 5. The quantitative estimate of drug-likeness (QED) is 0.902. The molecule has 0 spiro atoms. The summed E-state index contributed by atoms with van der Waals surface area (Å²) in [6.07, 6.45) is 4.48. The van der Waals surface area contributed by atoms with Gasteiger partial charge in [-0.3, -0.25) is 0 Å². The first-order valence-corrected chi connectivity index (χ1v) is 7.47. The number of hydrogen-bond donors (Lipinski definition) is 1. The molecule has 0 unspecified atom stereocenters. The lowest BCUT2D eigenvalue weighted by Gasteiger charge is -2.19. The molecule has 1 aromatic heterocycles. The van der Waals surface area contributed by atoms with E-state index < -0.39 is 0 Å². The van der Waals surface area contributed by atoms with Gasteiger partial charge in [-0.15, -0.1) is 0 Å². The van der Waals surface area contributed by atoms with Crippen LogP contribution in [-0.2, 0) is 12.0 Å². The molecule has 1 fully saturated rings. The molecule has 3 rings (SSSR count). The van der Waals surface area contributed by atoms with E-state index in [0.717, 1.165) is 18.0 Å². The third kappa shape index (κ3) is 3.85. The third-order valence-electron chi connectivity index (χ3n) is 3.59. The number of oxazole rings is 1. The molecule has 1 aliphatic rings. The number of hydrogen-bond acceptors (Lipinski definition) is 4. The molecule has 4 nitrogen and oxygen atoms in total. The van der Waals surface area contributed by atoms with Crippen LogP contribution in [0.1, 0.15) is 44.9 Å². The van der Waals surface area contributed by atoms with Gasteiger partial charge in [0.1, 0.15) is 12.0 Å². The molecule has 4 heteroatoms. The first-order valence-electron chi connectivity index (χ1n) is 7.47. The van der Waals surface area contributed by atoms with Gasteiger partial charge < -0.3 is 14.5 Å². The van der Waals surface area contributed by atoms with Crippen LogP contribution in [0.4, 0.5) is 0 Å². The monoisotopic (exact) mass is 286 g/mol. The molecule has 1 saturated carbocycles. The van der Waals surface area contributed by atoms with E-state index in [1.807, 2.05) is 18.2 Å². The van der Waals surface area contributed by atoms with Crippen molar-refractivity contribution >= 4 is 0 Å². The predicted molar refractivity (Wildman–Crippen MR) is 81.6 cm³/mol. The molecule has 2 aromatic rings. The molecule has 0 bridgehead atoms. The lowest BCUT2D eigenvalue weighted by molar-refractivity contribution is 0.330. The van der Waals surface area contributed by atoms with Crippen LogP contribution in [0.3, 0.4) is 0 Å². The van der Waals surface area contributed by atoms with Gasteiger partial charge in [0.05, 0.1) is 5.69 Å². The van der Waals surface area contributed by atoms with Gasteiger partial charge in [-0.2, -0.15) is 4.98 Å². The summed E-state index contributed by atoms with van der Waals surface area (Å²) in [4.78, 5) is 4.35. The highest BCUT2D eigenvalue weighted by molar-refractivity contribution is 5.33. The fraction of sp³-hybridized carbons (Fsp3) is 0.471. The number of aromatic nitrogens is 1. The molecule has 0 amide bonds. The largest absolute Gasteiger partial charge is 0.417 e. The fourth-order valence-corrected chi connectivity index (χ4v) is 2.08. The average Bonchev–Trinajstić information content (AvgIpc) is 3.16. The highest BCUT2D eigenvalue weighted by Gasteiger charge is 2.21. The average molecular weight is 286 g/mol. The van der Waals surface area contributed by atoms with Crippen molar-refractivity contribution in [2.45, 2.75) is 51.6 Å². The molecule has 0 atom stereocenters. The molecule has 0 saturated heterocycles. The van der Waals surface area contributed by atoms with E-state index in [1.54, 1.807) is 6.26 Å². The molecule has 1 aromatic carbocycles. The Morgan fingerprint density at radius 3 is 2.86 bits per heavy atom. The zero-order valence-electron chi connectivity index (χ0n) is 12.8. The molecule has 112 valence electrons. The highest BCUT2D eigenvalue weighted by atomic mass is 16.6. The van der Waals surface area contributed by atoms with Crippen LogP contribution in [0.15, 0.2) is 34.9 Å². The first kappa shape index (κ1) is 14.1. The first-order chi connectivity index (χ1) is 10.0. The molecule has 21 heavy (non-hydrogen) atoms. The molecule has 1 N–H and O–H groups in total. The second-order valence-electron chi connectivity index (χ2n) is 6.64. The maximum atomic E-state index is 5.71. The van der Waals surface area contributed by atoms with E-state index in [1.165, 1.54) is 18.4 Å². The van der Waals surface area contributed by atoms with Gasteiger partial charge in [0, 0.05) is 12.6 Å². The van der Waals surface area contributed by atoms with Crippen LogP contribution in [0, 0.1) is 0 Å². The van der Waals surface area contributed by atoms with Gasteiger partial charge in [0.15, 0.2) is 0 Å². The molecular weight excluding hydrogens is 264 g/mol. The van der Waals surface area contributed by atoms with E-state index >= 15 is 0 Å². The highest BCUT2D eigenvalue weighted by Crippen LogP contribution is 2.28. The normalized spacial score (nSPS) is 15.2. The summed E-state index contributed by atoms with van der Waals surface area (Å²) >= 11 is 0. The van der Waals surface area contributed by atoms with Crippen LogP contribution >= 0.6 is 0 Å². The summed E-state index contributed by atoms with van der Waals surface area (Å²) in [6, 6.07) is 8.71. The van der Waals surface area contributed by atoms with Gasteiger partial charge in [0.2, 0.25) is 0 Å². The lowest BCUT2D eigenvalue weighted by Crippen LogP contribution is -2.15. The maximum Gasteiger partial charge on any atom is 0.399 e. The zero-order valence-corrected chi connectivity index (χ0v) is 12.8. The Balaban J connectivity index is 1.65. The second-order valence-corrected chi connectivity index (χ2v) is 6.64. The number of nitrogens with zero attached hydrogens (tertiary/aromatic N) is 1.